The van der Waals surface area contributed by atoms with Gasteiger partial charge in [0.2, 0.25) is 4.80 Å². The zero-order chi connectivity index (χ0) is 16.1. The van der Waals surface area contributed by atoms with Crippen LogP contribution in [0.25, 0.3) is 5.69 Å². The van der Waals surface area contributed by atoms with E-state index in [4.69, 9.17) is 0 Å². The third kappa shape index (κ3) is 3.35. The molecule has 5 heteroatoms. The molecule has 0 aliphatic rings. The van der Waals surface area contributed by atoms with Crippen LogP contribution in [0.3, 0.4) is 0 Å². The molecule has 1 aromatic heterocycles. The number of nitrogens with zero attached hydrogens (tertiary/aromatic N) is 3. The lowest BCUT2D eigenvalue weighted by Crippen LogP contribution is -2.13. The molecule has 2 aromatic carbocycles. The minimum Gasteiger partial charge on any atom is -0.298 e. The third-order valence-electron chi connectivity index (χ3n) is 3.36. The number of para-hydroxylation sites is 1. The first-order valence-corrected chi connectivity index (χ1v) is 8.01. The van der Waals surface area contributed by atoms with Gasteiger partial charge in [-0.3, -0.25) is 9.36 Å². The molecule has 114 valence electrons. The number of hydrogen-bond acceptors (Lipinski definition) is 4. The molecule has 0 radical (unpaired) electrons. The predicted molar refractivity (Wildman–Crippen MR) is 93.4 cm³/mol. The van der Waals surface area contributed by atoms with E-state index < -0.39 is 0 Å². The SMILES string of the molecule is Cc1cs/c(=N\N=C\c2ccccc2C=O)n1-c1ccccc1. The first-order valence-electron chi connectivity index (χ1n) is 7.13. The molecule has 0 saturated carbocycles. The quantitative estimate of drug-likeness (QED) is 0.411. The fraction of sp³-hybridized carbons (Fsp3) is 0.0556. The molecule has 0 N–H and O–H groups in total. The average molecular weight is 321 g/mol. The molecular weight excluding hydrogens is 306 g/mol. The molecule has 0 aliphatic heterocycles. The highest BCUT2D eigenvalue weighted by Gasteiger charge is 2.03. The van der Waals surface area contributed by atoms with Crippen LogP contribution in [-0.2, 0) is 0 Å². The van der Waals surface area contributed by atoms with Crippen molar-refractivity contribution < 1.29 is 4.79 Å². The van der Waals surface area contributed by atoms with Gasteiger partial charge >= 0.3 is 0 Å². The van der Waals surface area contributed by atoms with Gasteiger partial charge in [-0.15, -0.1) is 16.4 Å². The average Bonchev–Trinajstić information content (AvgIpc) is 2.97. The molecule has 4 nitrogen and oxygen atoms in total. The minimum absolute atomic E-state index is 0.602. The van der Waals surface area contributed by atoms with Crippen molar-refractivity contribution in [2.24, 2.45) is 10.2 Å². The number of rotatable bonds is 4. The summed E-state index contributed by atoms with van der Waals surface area (Å²) in [5.41, 5.74) is 3.51. The molecule has 0 amide bonds. The van der Waals surface area contributed by atoms with E-state index in [1.54, 1.807) is 12.3 Å². The highest BCUT2D eigenvalue weighted by atomic mass is 32.1. The van der Waals surface area contributed by atoms with E-state index in [2.05, 4.69) is 10.2 Å². The fourth-order valence-electron chi connectivity index (χ4n) is 2.23. The second-order valence-electron chi connectivity index (χ2n) is 4.92. The number of aldehydes is 1. The summed E-state index contributed by atoms with van der Waals surface area (Å²) in [7, 11) is 0. The summed E-state index contributed by atoms with van der Waals surface area (Å²) in [6.45, 7) is 2.04. The van der Waals surface area contributed by atoms with Crippen molar-refractivity contribution in [2.75, 3.05) is 0 Å². The Morgan fingerprint density at radius 1 is 1.00 bits per heavy atom. The van der Waals surface area contributed by atoms with Crippen molar-refractivity contribution in [3.63, 3.8) is 0 Å². The van der Waals surface area contributed by atoms with E-state index in [-0.39, 0.29) is 0 Å². The van der Waals surface area contributed by atoms with Crippen molar-refractivity contribution in [3.05, 3.63) is 81.6 Å². The predicted octanol–water partition coefficient (Wildman–Crippen LogP) is 3.59. The fourth-order valence-corrected chi connectivity index (χ4v) is 3.06. The Kier molecular flexibility index (Phi) is 4.59. The molecule has 0 bridgehead atoms. The summed E-state index contributed by atoms with van der Waals surface area (Å²) in [6.07, 6.45) is 2.43. The molecule has 3 aromatic rings. The highest BCUT2D eigenvalue weighted by molar-refractivity contribution is 7.07. The van der Waals surface area contributed by atoms with E-state index in [1.807, 2.05) is 65.4 Å². The third-order valence-corrected chi connectivity index (χ3v) is 4.29. The lowest BCUT2D eigenvalue weighted by molar-refractivity contribution is 0.112. The molecular formula is C18H15N3OS. The zero-order valence-electron chi connectivity index (χ0n) is 12.6. The van der Waals surface area contributed by atoms with Gasteiger partial charge < -0.3 is 0 Å². The standard InChI is InChI=1S/C18H15N3OS/c1-14-13-23-18(21(14)17-9-3-2-4-10-17)20-19-11-15-7-5-6-8-16(15)12-22/h2-13H,1H3/b19-11+,20-18-. The Hall–Kier alpha value is -2.79. The maximum absolute atomic E-state index is 11.0. The molecule has 0 aliphatic carbocycles. The number of hydrogen-bond donors (Lipinski definition) is 0. The first-order chi connectivity index (χ1) is 11.3. The second-order valence-corrected chi connectivity index (χ2v) is 5.76. The van der Waals surface area contributed by atoms with Gasteiger partial charge in [0.25, 0.3) is 0 Å². The topological polar surface area (TPSA) is 46.7 Å². The molecule has 23 heavy (non-hydrogen) atoms. The first kappa shape index (κ1) is 15.1. The normalized spacial score (nSPS) is 12.0. The van der Waals surface area contributed by atoms with Crippen LogP contribution in [0.4, 0.5) is 0 Å². The summed E-state index contributed by atoms with van der Waals surface area (Å²) in [5.74, 6) is 0. The van der Waals surface area contributed by atoms with Crippen molar-refractivity contribution in [1.29, 1.82) is 0 Å². The maximum Gasteiger partial charge on any atom is 0.215 e. The van der Waals surface area contributed by atoms with E-state index in [1.165, 1.54) is 11.3 Å². The van der Waals surface area contributed by atoms with Gasteiger partial charge in [-0.25, -0.2) is 0 Å². The van der Waals surface area contributed by atoms with Crippen LogP contribution in [0.15, 0.2) is 70.2 Å². The van der Waals surface area contributed by atoms with Crippen LogP contribution in [0.5, 0.6) is 0 Å². The summed E-state index contributed by atoms with van der Waals surface area (Å²) >= 11 is 1.53. The summed E-state index contributed by atoms with van der Waals surface area (Å²) in [6, 6.07) is 17.3. The van der Waals surface area contributed by atoms with Crippen LogP contribution in [0.2, 0.25) is 0 Å². The number of carbonyl (C=O) groups is 1. The van der Waals surface area contributed by atoms with Crippen LogP contribution in [0, 0.1) is 6.92 Å². The molecule has 0 fully saturated rings. The van der Waals surface area contributed by atoms with Gasteiger partial charge in [-0.1, -0.05) is 42.5 Å². The summed E-state index contributed by atoms with van der Waals surface area (Å²) in [4.78, 5) is 11.8. The van der Waals surface area contributed by atoms with Gasteiger partial charge in [-0.05, 0) is 19.1 Å². The smallest absolute Gasteiger partial charge is 0.215 e. The van der Waals surface area contributed by atoms with Crippen LogP contribution < -0.4 is 4.80 Å². The Labute approximate surface area is 138 Å². The van der Waals surface area contributed by atoms with E-state index in [0.29, 0.717) is 5.56 Å². The highest BCUT2D eigenvalue weighted by Crippen LogP contribution is 2.10. The minimum atomic E-state index is 0.602. The van der Waals surface area contributed by atoms with Gasteiger partial charge in [-0.2, -0.15) is 5.10 Å². The molecule has 0 atom stereocenters. The van der Waals surface area contributed by atoms with Crippen LogP contribution in [-0.4, -0.2) is 17.1 Å². The molecule has 0 unspecified atom stereocenters. The van der Waals surface area contributed by atoms with Crippen molar-refractivity contribution in [1.82, 2.24) is 4.57 Å². The second kappa shape index (κ2) is 6.98. The number of thiazole rings is 1. The summed E-state index contributed by atoms with van der Waals surface area (Å²) < 4.78 is 2.05. The molecule has 3 rings (SSSR count). The molecule has 0 saturated heterocycles. The lowest BCUT2D eigenvalue weighted by Gasteiger charge is -2.04. The van der Waals surface area contributed by atoms with Crippen LogP contribution >= 0.6 is 11.3 Å². The van der Waals surface area contributed by atoms with Gasteiger partial charge in [0.1, 0.15) is 0 Å². The number of aromatic nitrogens is 1. The van der Waals surface area contributed by atoms with E-state index in [0.717, 1.165) is 28.0 Å². The van der Waals surface area contributed by atoms with Crippen molar-refractivity contribution in [3.8, 4) is 5.69 Å². The number of carbonyl (C=O) groups excluding carboxylic acids is 1. The maximum atomic E-state index is 11.0. The van der Waals surface area contributed by atoms with Crippen LogP contribution in [0.1, 0.15) is 21.6 Å². The van der Waals surface area contributed by atoms with Gasteiger partial charge in [0.05, 0.1) is 6.21 Å². The van der Waals surface area contributed by atoms with Crippen molar-refractivity contribution in [2.45, 2.75) is 6.92 Å². The van der Waals surface area contributed by atoms with E-state index in [9.17, 15) is 4.79 Å². The van der Waals surface area contributed by atoms with Crippen molar-refractivity contribution >= 4 is 23.8 Å². The molecule has 0 spiro atoms. The number of aryl methyl sites for hydroxylation is 1. The van der Waals surface area contributed by atoms with E-state index >= 15 is 0 Å². The Morgan fingerprint density at radius 3 is 2.43 bits per heavy atom. The van der Waals surface area contributed by atoms with Gasteiger partial charge in [0, 0.05) is 27.9 Å². The lowest BCUT2D eigenvalue weighted by atomic mass is 10.1. The Morgan fingerprint density at radius 2 is 1.70 bits per heavy atom. The van der Waals surface area contributed by atoms with Gasteiger partial charge in [0.15, 0.2) is 6.29 Å². The Bertz CT molecular complexity index is 907. The largest absolute Gasteiger partial charge is 0.298 e. The molecule has 1 heterocycles. The number of benzene rings is 2. The zero-order valence-corrected chi connectivity index (χ0v) is 13.4. The monoisotopic (exact) mass is 321 g/mol. The Balaban J connectivity index is 1.98. The summed E-state index contributed by atoms with van der Waals surface area (Å²) in [5, 5.41) is 10.5.